The third kappa shape index (κ3) is 6.76. The Balaban J connectivity index is 2.28. The second-order valence-electron chi connectivity index (χ2n) is 7.40. The van der Waals surface area contributed by atoms with Crippen molar-refractivity contribution >= 4 is 0 Å². The van der Waals surface area contributed by atoms with Crippen LogP contribution in [0.15, 0.2) is 0 Å². The molecule has 0 spiro atoms. The third-order valence-electron chi connectivity index (χ3n) is 4.60. The molecule has 0 aromatic heterocycles. The van der Waals surface area contributed by atoms with Crippen molar-refractivity contribution in [1.29, 1.82) is 0 Å². The van der Waals surface area contributed by atoms with Gasteiger partial charge in [0, 0.05) is 6.04 Å². The van der Waals surface area contributed by atoms with E-state index in [-0.39, 0.29) is 0 Å². The molecule has 0 aromatic rings. The number of unbranched alkanes of at least 4 members (excludes halogenated alkanes) is 1. The molecule has 2 heteroatoms. The highest BCUT2D eigenvalue weighted by Crippen LogP contribution is 2.33. The monoisotopic (exact) mass is 268 g/mol. The summed E-state index contributed by atoms with van der Waals surface area (Å²) in [6.45, 7) is 12.8. The molecule has 0 aromatic carbocycles. The smallest absolute Gasteiger partial charge is 0.00964 e. The summed E-state index contributed by atoms with van der Waals surface area (Å²) < 4.78 is 0. The highest BCUT2D eigenvalue weighted by atomic mass is 15.2. The first-order chi connectivity index (χ1) is 8.99. The molecule has 0 saturated heterocycles. The van der Waals surface area contributed by atoms with Gasteiger partial charge in [-0.05, 0) is 69.5 Å². The Morgan fingerprint density at radius 3 is 2.21 bits per heavy atom. The summed E-state index contributed by atoms with van der Waals surface area (Å²) in [6, 6.07) is 0.925. The molecule has 0 heterocycles. The molecular weight excluding hydrogens is 232 g/mol. The topological polar surface area (TPSA) is 29.3 Å². The summed E-state index contributed by atoms with van der Waals surface area (Å²) >= 11 is 0. The lowest BCUT2D eigenvalue weighted by Gasteiger charge is -2.31. The molecule has 1 unspecified atom stereocenters. The number of hydrogen-bond acceptors (Lipinski definition) is 2. The summed E-state index contributed by atoms with van der Waals surface area (Å²) in [5.74, 6) is 0.782. The van der Waals surface area contributed by atoms with Crippen molar-refractivity contribution in [3.63, 3.8) is 0 Å². The summed E-state index contributed by atoms with van der Waals surface area (Å²) in [6.07, 6.45) is 9.44. The van der Waals surface area contributed by atoms with Crippen LogP contribution in [0.25, 0.3) is 0 Å². The Kier molecular flexibility index (Phi) is 7.38. The maximum atomic E-state index is 5.77. The largest absolute Gasteiger partial charge is 0.330 e. The zero-order chi connectivity index (χ0) is 14.3. The van der Waals surface area contributed by atoms with Gasteiger partial charge in [0.25, 0.3) is 0 Å². The van der Waals surface area contributed by atoms with Crippen LogP contribution in [0.2, 0.25) is 0 Å². The van der Waals surface area contributed by atoms with Gasteiger partial charge < -0.3 is 10.6 Å². The van der Waals surface area contributed by atoms with Crippen LogP contribution in [0.4, 0.5) is 0 Å². The zero-order valence-electron chi connectivity index (χ0n) is 13.8. The van der Waals surface area contributed by atoms with Crippen molar-refractivity contribution in [3.8, 4) is 0 Å². The van der Waals surface area contributed by atoms with E-state index < -0.39 is 0 Å². The van der Waals surface area contributed by atoms with E-state index in [1.807, 2.05) is 0 Å². The Labute approximate surface area is 121 Å². The molecule has 0 amide bonds. The van der Waals surface area contributed by atoms with Crippen molar-refractivity contribution in [2.45, 2.75) is 78.7 Å². The molecule has 1 aliphatic rings. The summed E-state index contributed by atoms with van der Waals surface area (Å²) in [5, 5.41) is 0. The molecule has 1 rings (SSSR count). The normalized spacial score (nSPS) is 18.0. The SMILES string of the molecule is CCCCN(CCCC(CCN)C(C)(C)C)C1CC1. The van der Waals surface area contributed by atoms with Crippen LogP contribution in [0, 0.1) is 11.3 Å². The first-order valence-electron chi connectivity index (χ1n) is 8.43. The molecule has 0 radical (unpaired) electrons. The van der Waals surface area contributed by atoms with E-state index in [2.05, 4.69) is 32.6 Å². The quantitative estimate of drug-likeness (QED) is 0.648. The lowest BCUT2D eigenvalue weighted by Crippen LogP contribution is -2.30. The van der Waals surface area contributed by atoms with Gasteiger partial charge >= 0.3 is 0 Å². The molecule has 1 fully saturated rings. The van der Waals surface area contributed by atoms with Gasteiger partial charge in [-0.15, -0.1) is 0 Å². The minimum atomic E-state index is 0.410. The molecular formula is C17H36N2. The average molecular weight is 268 g/mol. The van der Waals surface area contributed by atoms with Crippen LogP contribution >= 0.6 is 0 Å². The molecule has 2 nitrogen and oxygen atoms in total. The summed E-state index contributed by atoms with van der Waals surface area (Å²) in [5.41, 5.74) is 6.18. The minimum Gasteiger partial charge on any atom is -0.330 e. The predicted molar refractivity (Wildman–Crippen MR) is 85.4 cm³/mol. The van der Waals surface area contributed by atoms with Gasteiger partial charge in [-0.1, -0.05) is 34.1 Å². The Hall–Kier alpha value is -0.0800. The van der Waals surface area contributed by atoms with Gasteiger partial charge in [-0.2, -0.15) is 0 Å². The molecule has 1 saturated carbocycles. The van der Waals surface area contributed by atoms with Crippen molar-refractivity contribution in [1.82, 2.24) is 4.90 Å². The Bertz CT molecular complexity index is 228. The van der Waals surface area contributed by atoms with Crippen LogP contribution in [-0.4, -0.2) is 30.6 Å². The van der Waals surface area contributed by atoms with Crippen molar-refractivity contribution in [2.24, 2.45) is 17.1 Å². The first kappa shape index (κ1) is 17.0. The van der Waals surface area contributed by atoms with Crippen LogP contribution < -0.4 is 5.73 Å². The van der Waals surface area contributed by atoms with Gasteiger partial charge in [0.1, 0.15) is 0 Å². The maximum Gasteiger partial charge on any atom is 0.00964 e. The average Bonchev–Trinajstić information content (AvgIpc) is 3.15. The van der Waals surface area contributed by atoms with E-state index in [1.54, 1.807) is 0 Å². The van der Waals surface area contributed by atoms with Crippen molar-refractivity contribution < 1.29 is 0 Å². The van der Waals surface area contributed by atoms with E-state index in [0.717, 1.165) is 18.5 Å². The first-order valence-corrected chi connectivity index (χ1v) is 8.43. The fraction of sp³-hybridized carbons (Fsp3) is 1.00. The molecule has 1 atom stereocenters. The highest BCUT2D eigenvalue weighted by molar-refractivity contribution is 4.84. The molecule has 0 aliphatic heterocycles. The summed E-state index contributed by atoms with van der Waals surface area (Å²) in [7, 11) is 0. The second kappa shape index (κ2) is 8.26. The van der Waals surface area contributed by atoms with Crippen LogP contribution in [-0.2, 0) is 0 Å². The van der Waals surface area contributed by atoms with E-state index in [4.69, 9.17) is 5.73 Å². The lowest BCUT2D eigenvalue weighted by molar-refractivity contribution is 0.190. The van der Waals surface area contributed by atoms with Gasteiger partial charge in [-0.25, -0.2) is 0 Å². The van der Waals surface area contributed by atoms with Gasteiger partial charge in [0.05, 0.1) is 0 Å². The number of nitrogens with two attached hydrogens (primary N) is 1. The predicted octanol–water partition coefficient (Wildman–Crippen LogP) is 4.04. The lowest BCUT2D eigenvalue weighted by atomic mass is 9.76. The summed E-state index contributed by atoms with van der Waals surface area (Å²) in [4.78, 5) is 2.74. The maximum absolute atomic E-state index is 5.77. The molecule has 1 aliphatic carbocycles. The van der Waals surface area contributed by atoms with Gasteiger partial charge in [0.2, 0.25) is 0 Å². The van der Waals surface area contributed by atoms with E-state index in [9.17, 15) is 0 Å². The Morgan fingerprint density at radius 1 is 1.11 bits per heavy atom. The van der Waals surface area contributed by atoms with Crippen LogP contribution in [0.5, 0.6) is 0 Å². The van der Waals surface area contributed by atoms with E-state index >= 15 is 0 Å². The van der Waals surface area contributed by atoms with E-state index in [1.165, 1.54) is 58.0 Å². The van der Waals surface area contributed by atoms with Gasteiger partial charge in [0.15, 0.2) is 0 Å². The zero-order valence-corrected chi connectivity index (χ0v) is 13.8. The van der Waals surface area contributed by atoms with Crippen LogP contribution in [0.1, 0.15) is 72.6 Å². The van der Waals surface area contributed by atoms with Crippen molar-refractivity contribution in [3.05, 3.63) is 0 Å². The van der Waals surface area contributed by atoms with Crippen molar-refractivity contribution in [2.75, 3.05) is 19.6 Å². The number of rotatable bonds is 10. The third-order valence-corrected chi connectivity index (χ3v) is 4.60. The van der Waals surface area contributed by atoms with E-state index in [0.29, 0.717) is 5.41 Å². The standard InChI is InChI=1S/C17H36N2/c1-5-6-13-19(16-9-10-16)14-7-8-15(11-12-18)17(2,3)4/h15-16H,5-14,18H2,1-4H3. The molecule has 0 bridgehead atoms. The fourth-order valence-electron chi connectivity index (χ4n) is 3.03. The van der Waals surface area contributed by atoms with Gasteiger partial charge in [-0.3, -0.25) is 0 Å². The van der Waals surface area contributed by atoms with Crippen LogP contribution in [0.3, 0.4) is 0 Å². The minimum absolute atomic E-state index is 0.410. The number of hydrogen-bond donors (Lipinski definition) is 1. The Morgan fingerprint density at radius 2 is 1.74 bits per heavy atom. The fourth-order valence-corrected chi connectivity index (χ4v) is 3.03. The second-order valence-corrected chi connectivity index (χ2v) is 7.40. The number of nitrogens with zero attached hydrogens (tertiary/aromatic N) is 1. The molecule has 114 valence electrons. The highest BCUT2D eigenvalue weighted by Gasteiger charge is 2.29. The molecule has 19 heavy (non-hydrogen) atoms. The molecule has 2 N–H and O–H groups in total.